The molecule has 3 nitrogen and oxygen atoms in total. The zero-order valence-corrected chi connectivity index (χ0v) is 9.86. The third-order valence-corrected chi connectivity index (χ3v) is 2.66. The Hall–Kier alpha value is -0.610. The molecule has 1 heterocycles. The number of imidazole rings is 1. The van der Waals surface area contributed by atoms with E-state index in [2.05, 4.69) is 23.4 Å². The van der Waals surface area contributed by atoms with Crippen molar-refractivity contribution in [1.29, 1.82) is 0 Å². The van der Waals surface area contributed by atoms with Crippen LogP contribution in [-0.4, -0.2) is 23.3 Å². The molecular formula is C10H18N2OS. The van der Waals surface area contributed by atoms with Gasteiger partial charge >= 0.3 is 0 Å². The molecule has 0 saturated carbocycles. The Kier molecular flexibility index (Phi) is 4.35. The Balaban J connectivity index is 2.91. The van der Waals surface area contributed by atoms with Crippen molar-refractivity contribution in [2.75, 3.05) is 13.7 Å². The Bertz CT molecular complexity index is 323. The van der Waals surface area contributed by atoms with Gasteiger partial charge in [0.25, 0.3) is 0 Å². The van der Waals surface area contributed by atoms with Crippen LogP contribution in [0.25, 0.3) is 0 Å². The van der Waals surface area contributed by atoms with Crippen LogP contribution in [0.4, 0.5) is 0 Å². The van der Waals surface area contributed by atoms with Gasteiger partial charge in [0.15, 0.2) is 4.77 Å². The van der Waals surface area contributed by atoms with Gasteiger partial charge in [0.05, 0.1) is 12.6 Å². The molecule has 14 heavy (non-hydrogen) atoms. The second kappa shape index (κ2) is 5.32. The van der Waals surface area contributed by atoms with Crippen LogP contribution in [0.2, 0.25) is 0 Å². The van der Waals surface area contributed by atoms with Gasteiger partial charge in [-0.1, -0.05) is 13.3 Å². The van der Waals surface area contributed by atoms with Crippen LogP contribution >= 0.6 is 12.2 Å². The van der Waals surface area contributed by atoms with Crippen molar-refractivity contribution < 1.29 is 4.74 Å². The lowest BCUT2D eigenvalue weighted by Crippen LogP contribution is -2.15. The summed E-state index contributed by atoms with van der Waals surface area (Å²) >= 11 is 5.23. The summed E-state index contributed by atoms with van der Waals surface area (Å²) < 4.78 is 8.14. The van der Waals surface area contributed by atoms with Crippen LogP contribution in [0.5, 0.6) is 0 Å². The maximum absolute atomic E-state index is 5.23. The Labute approximate surface area is 90.1 Å². The predicted molar refractivity (Wildman–Crippen MR) is 60.2 cm³/mol. The lowest BCUT2D eigenvalue weighted by Gasteiger charge is -2.18. The molecule has 1 aromatic rings. The number of aromatic nitrogens is 2. The molecule has 80 valence electrons. The average Bonchev–Trinajstić information content (AvgIpc) is 2.46. The maximum atomic E-state index is 5.23. The number of ether oxygens (including phenoxy) is 1. The van der Waals surface area contributed by atoms with E-state index in [9.17, 15) is 0 Å². The van der Waals surface area contributed by atoms with Gasteiger partial charge in [0, 0.05) is 19.0 Å². The molecule has 1 atom stereocenters. The van der Waals surface area contributed by atoms with Crippen molar-refractivity contribution in [2.45, 2.75) is 32.7 Å². The van der Waals surface area contributed by atoms with Crippen molar-refractivity contribution in [3.05, 3.63) is 16.7 Å². The van der Waals surface area contributed by atoms with E-state index in [1.807, 2.05) is 6.20 Å². The number of nitrogens with one attached hydrogen (secondary N) is 1. The Morgan fingerprint density at radius 3 is 2.79 bits per heavy atom. The highest BCUT2D eigenvalue weighted by Crippen LogP contribution is 2.17. The predicted octanol–water partition coefficient (Wildman–Crippen LogP) is 2.84. The van der Waals surface area contributed by atoms with E-state index in [0.717, 1.165) is 24.2 Å². The number of aromatic amines is 1. The van der Waals surface area contributed by atoms with E-state index in [0.29, 0.717) is 6.04 Å². The number of rotatable bonds is 5. The topological polar surface area (TPSA) is 29.9 Å². The minimum Gasteiger partial charge on any atom is -0.383 e. The summed E-state index contributed by atoms with van der Waals surface area (Å²) in [4.78, 5) is 3.06. The maximum Gasteiger partial charge on any atom is 0.177 e. The molecule has 0 amide bonds. The number of H-pyrrole nitrogens is 1. The van der Waals surface area contributed by atoms with Gasteiger partial charge in [-0.3, -0.25) is 0 Å². The molecule has 4 heteroatoms. The summed E-state index contributed by atoms with van der Waals surface area (Å²) in [5, 5.41) is 0. The van der Waals surface area contributed by atoms with Crippen LogP contribution in [0, 0.1) is 11.7 Å². The summed E-state index contributed by atoms with van der Waals surface area (Å²) in [6.07, 6.45) is 4.18. The molecule has 1 rings (SSSR count). The quantitative estimate of drug-likeness (QED) is 0.764. The SMILES string of the molecule is CCCC(COC)n1c(C)c[nH]c1=S. The normalized spacial score (nSPS) is 13.1. The minimum atomic E-state index is 0.365. The van der Waals surface area contributed by atoms with Gasteiger partial charge in [-0.15, -0.1) is 0 Å². The molecule has 0 aliphatic rings. The van der Waals surface area contributed by atoms with Crippen LogP contribution < -0.4 is 0 Å². The van der Waals surface area contributed by atoms with E-state index in [4.69, 9.17) is 17.0 Å². The molecule has 0 bridgehead atoms. The zero-order chi connectivity index (χ0) is 10.6. The number of hydrogen-bond donors (Lipinski definition) is 1. The first-order chi connectivity index (χ1) is 6.70. The second-order valence-electron chi connectivity index (χ2n) is 3.50. The number of nitrogens with zero attached hydrogens (tertiary/aromatic N) is 1. The van der Waals surface area contributed by atoms with Crippen molar-refractivity contribution in [1.82, 2.24) is 9.55 Å². The monoisotopic (exact) mass is 214 g/mol. The third kappa shape index (κ3) is 2.45. The summed E-state index contributed by atoms with van der Waals surface area (Å²) in [5.74, 6) is 0. The largest absolute Gasteiger partial charge is 0.383 e. The smallest absolute Gasteiger partial charge is 0.177 e. The van der Waals surface area contributed by atoms with Gasteiger partial charge in [-0.2, -0.15) is 0 Å². The van der Waals surface area contributed by atoms with Crippen LogP contribution in [-0.2, 0) is 4.74 Å². The molecule has 0 aromatic carbocycles. The van der Waals surface area contributed by atoms with E-state index >= 15 is 0 Å². The first kappa shape index (κ1) is 11.5. The molecule has 1 N–H and O–H groups in total. The molecule has 0 aliphatic carbocycles. The lowest BCUT2D eigenvalue weighted by molar-refractivity contribution is 0.149. The lowest BCUT2D eigenvalue weighted by atomic mass is 10.2. The van der Waals surface area contributed by atoms with Crippen LogP contribution in [0.15, 0.2) is 6.20 Å². The Morgan fingerprint density at radius 1 is 1.64 bits per heavy atom. The van der Waals surface area contributed by atoms with Crippen LogP contribution in [0.1, 0.15) is 31.5 Å². The second-order valence-corrected chi connectivity index (χ2v) is 3.89. The van der Waals surface area contributed by atoms with Gasteiger partial charge in [-0.05, 0) is 25.6 Å². The summed E-state index contributed by atoms with van der Waals surface area (Å²) in [7, 11) is 1.73. The molecular weight excluding hydrogens is 196 g/mol. The molecule has 0 spiro atoms. The average molecular weight is 214 g/mol. The minimum absolute atomic E-state index is 0.365. The summed E-state index contributed by atoms with van der Waals surface area (Å²) in [5.41, 5.74) is 1.17. The molecule has 0 fully saturated rings. The van der Waals surface area contributed by atoms with Crippen molar-refractivity contribution in [2.24, 2.45) is 0 Å². The first-order valence-electron chi connectivity index (χ1n) is 4.96. The van der Waals surface area contributed by atoms with E-state index in [1.165, 1.54) is 5.69 Å². The standard InChI is InChI=1S/C10H18N2OS/c1-4-5-9(7-13-3)12-8(2)6-11-10(12)14/h6,9H,4-5,7H2,1-3H3,(H,11,14). The van der Waals surface area contributed by atoms with Crippen LogP contribution in [0.3, 0.4) is 0 Å². The highest BCUT2D eigenvalue weighted by atomic mass is 32.1. The molecule has 0 radical (unpaired) electrons. The summed E-state index contributed by atoms with van der Waals surface area (Å²) in [6.45, 7) is 4.96. The Morgan fingerprint density at radius 2 is 2.36 bits per heavy atom. The highest BCUT2D eigenvalue weighted by molar-refractivity contribution is 7.71. The summed E-state index contributed by atoms with van der Waals surface area (Å²) in [6, 6.07) is 0.365. The fourth-order valence-electron chi connectivity index (χ4n) is 1.73. The van der Waals surface area contributed by atoms with Gasteiger partial charge in [0.2, 0.25) is 0 Å². The first-order valence-corrected chi connectivity index (χ1v) is 5.37. The third-order valence-electron chi connectivity index (χ3n) is 2.35. The number of hydrogen-bond acceptors (Lipinski definition) is 2. The van der Waals surface area contributed by atoms with E-state index < -0.39 is 0 Å². The molecule has 1 aromatic heterocycles. The molecule has 0 saturated heterocycles. The van der Waals surface area contributed by atoms with Gasteiger partial charge in [0.1, 0.15) is 0 Å². The number of aryl methyl sites for hydroxylation is 1. The van der Waals surface area contributed by atoms with Crippen molar-refractivity contribution in [3.8, 4) is 0 Å². The fraction of sp³-hybridized carbons (Fsp3) is 0.700. The molecule has 0 aliphatic heterocycles. The van der Waals surface area contributed by atoms with Crippen molar-refractivity contribution in [3.63, 3.8) is 0 Å². The van der Waals surface area contributed by atoms with E-state index in [-0.39, 0.29) is 0 Å². The van der Waals surface area contributed by atoms with E-state index in [1.54, 1.807) is 7.11 Å². The zero-order valence-electron chi connectivity index (χ0n) is 9.04. The van der Waals surface area contributed by atoms with Gasteiger partial charge in [-0.25, -0.2) is 0 Å². The van der Waals surface area contributed by atoms with Gasteiger partial charge < -0.3 is 14.3 Å². The highest BCUT2D eigenvalue weighted by Gasteiger charge is 2.12. The fourth-order valence-corrected chi connectivity index (χ4v) is 2.08. The van der Waals surface area contributed by atoms with Crippen molar-refractivity contribution >= 4 is 12.2 Å². The molecule has 1 unspecified atom stereocenters. The number of methoxy groups -OCH3 is 1.